The number of H-pyrrole nitrogens is 1. The van der Waals surface area contributed by atoms with Crippen molar-refractivity contribution >= 4 is 5.97 Å². The molecule has 0 aromatic carbocycles. The molecule has 1 rings (SSSR count). The summed E-state index contributed by atoms with van der Waals surface area (Å²) in [5, 5.41) is 8.44. The highest BCUT2D eigenvalue weighted by Gasteiger charge is 2.44. The monoisotopic (exact) mass is 275 g/mol. The van der Waals surface area contributed by atoms with E-state index < -0.39 is 40.7 Å². The second-order valence-electron chi connectivity index (χ2n) is 3.10. The minimum atomic E-state index is -5.42. The molecular weight excluding hydrogens is 272 g/mol. The normalized spacial score (nSPS) is 12.6. The Bertz CT molecular complexity index is 503. The molecule has 1 aromatic rings. The summed E-state index contributed by atoms with van der Waals surface area (Å²) in [5.41, 5.74) is -8.12. The van der Waals surface area contributed by atoms with Gasteiger partial charge >= 0.3 is 18.3 Å². The van der Waals surface area contributed by atoms with Crippen molar-refractivity contribution in [2.24, 2.45) is 0 Å². The van der Waals surface area contributed by atoms with E-state index >= 15 is 0 Å². The molecule has 0 spiro atoms. The third kappa shape index (κ3) is 2.63. The summed E-state index contributed by atoms with van der Waals surface area (Å²) >= 11 is 0. The number of hydrogen-bond acceptors (Lipinski definition) is 2. The number of carboxylic acid groups (broad SMARTS) is 1. The SMILES string of the molecule is O=C(O)c1c(C(F)(F)F)cc(=O)[nH]c1C(F)(F)F. The van der Waals surface area contributed by atoms with Crippen LogP contribution in [-0.4, -0.2) is 16.1 Å². The lowest BCUT2D eigenvalue weighted by Gasteiger charge is -2.15. The highest BCUT2D eigenvalue weighted by Crippen LogP contribution is 2.37. The van der Waals surface area contributed by atoms with E-state index in [0.717, 1.165) is 4.98 Å². The summed E-state index contributed by atoms with van der Waals surface area (Å²) in [6.07, 6.45) is -10.8. The standard InChI is InChI=1S/C8H3F6NO3/c9-7(10,11)2-1-3(16)15-5(8(12,13)14)4(2)6(17)18/h1H,(H,15,16)(H,17,18). The van der Waals surface area contributed by atoms with Gasteiger partial charge in [-0.2, -0.15) is 26.3 Å². The van der Waals surface area contributed by atoms with Gasteiger partial charge in [0.05, 0.1) is 5.56 Å². The molecule has 0 bridgehead atoms. The number of carboxylic acids is 1. The lowest BCUT2D eigenvalue weighted by Crippen LogP contribution is -2.26. The fraction of sp³-hybridized carbons (Fsp3) is 0.250. The summed E-state index contributed by atoms with van der Waals surface area (Å²) in [6, 6.07) is -0.237. The van der Waals surface area contributed by atoms with E-state index in [2.05, 4.69) is 0 Å². The van der Waals surface area contributed by atoms with Gasteiger partial charge in [-0.1, -0.05) is 0 Å². The second kappa shape index (κ2) is 4.03. The molecule has 100 valence electrons. The van der Waals surface area contributed by atoms with Crippen molar-refractivity contribution in [3.05, 3.63) is 33.2 Å². The summed E-state index contributed by atoms with van der Waals surface area (Å²) in [5.74, 6) is -2.44. The van der Waals surface area contributed by atoms with Crippen molar-refractivity contribution < 1.29 is 36.2 Å². The van der Waals surface area contributed by atoms with Crippen molar-refractivity contribution in [2.45, 2.75) is 12.4 Å². The van der Waals surface area contributed by atoms with Gasteiger partial charge in [-0.15, -0.1) is 0 Å². The highest BCUT2D eigenvalue weighted by molar-refractivity contribution is 5.91. The Balaban J connectivity index is 3.80. The van der Waals surface area contributed by atoms with Gasteiger partial charge < -0.3 is 10.1 Å². The topological polar surface area (TPSA) is 70.2 Å². The minimum absolute atomic E-state index is 0.237. The number of aromatic carboxylic acids is 1. The summed E-state index contributed by atoms with van der Waals surface area (Å²) in [6.45, 7) is 0. The van der Waals surface area contributed by atoms with Gasteiger partial charge in [0.15, 0.2) is 0 Å². The predicted octanol–water partition coefficient (Wildman–Crippen LogP) is 2.11. The molecule has 4 nitrogen and oxygen atoms in total. The fourth-order valence-corrected chi connectivity index (χ4v) is 1.22. The third-order valence-electron chi connectivity index (χ3n) is 1.85. The maximum absolute atomic E-state index is 12.4. The maximum atomic E-state index is 12.4. The number of pyridine rings is 1. The highest BCUT2D eigenvalue weighted by atomic mass is 19.4. The first-order chi connectivity index (χ1) is 7.94. The lowest BCUT2D eigenvalue weighted by atomic mass is 10.1. The van der Waals surface area contributed by atoms with Crippen molar-refractivity contribution in [3.63, 3.8) is 0 Å². The van der Waals surface area contributed by atoms with Crippen LogP contribution in [0.4, 0.5) is 26.3 Å². The second-order valence-corrected chi connectivity index (χ2v) is 3.10. The number of aromatic nitrogens is 1. The molecule has 0 radical (unpaired) electrons. The van der Waals surface area contributed by atoms with Crippen LogP contribution in [0.2, 0.25) is 0 Å². The van der Waals surface area contributed by atoms with Gasteiger partial charge in [0, 0.05) is 6.07 Å². The molecule has 0 atom stereocenters. The van der Waals surface area contributed by atoms with Crippen molar-refractivity contribution in [1.82, 2.24) is 4.98 Å². The average Bonchev–Trinajstić information content (AvgIpc) is 2.12. The van der Waals surface area contributed by atoms with E-state index in [1.54, 1.807) is 0 Å². The van der Waals surface area contributed by atoms with E-state index in [0.29, 0.717) is 0 Å². The van der Waals surface area contributed by atoms with E-state index in [1.807, 2.05) is 0 Å². The average molecular weight is 275 g/mol. The molecule has 0 aliphatic carbocycles. The van der Waals surface area contributed by atoms with Crippen LogP contribution in [0, 0.1) is 0 Å². The number of alkyl halides is 6. The van der Waals surface area contributed by atoms with Crippen LogP contribution in [0.15, 0.2) is 10.9 Å². The summed E-state index contributed by atoms with van der Waals surface area (Å²) in [7, 11) is 0. The summed E-state index contributed by atoms with van der Waals surface area (Å²) < 4.78 is 74.2. The van der Waals surface area contributed by atoms with Crippen LogP contribution in [-0.2, 0) is 12.4 Å². The number of hydrogen-bond donors (Lipinski definition) is 2. The molecule has 0 amide bonds. The Labute approximate surface area is 93.9 Å². The van der Waals surface area contributed by atoms with Gasteiger partial charge in [0.2, 0.25) is 5.56 Å². The van der Waals surface area contributed by atoms with Crippen LogP contribution in [0.5, 0.6) is 0 Å². The van der Waals surface area contributed by atoms with Crippen LogP contribution in [0.1, 0.15) is 21.6 Å². The van der Waals surface area contributed by atoms with E-state index in [9.17, 15) is 35.9 Å². The molecule has 0 saturated carbocycles. The van der Waals surface area contributed by atoms with Gasteiger partial charge in [0.25, 0.3) is 0 Å². The first kappa shape index (κ1) is 14.1. The van der Waals surface area contributed by atoms with Crippen molar-refractivity contribution in [2.75, 3.05) is 0 Å². The smallest absolute Gasteiger partial charge is 0.432 e. The molecule has 1 aromatic heterocycles. The molecule has 0 aliphatic heterocycles. The van der Waals surface area contributed by atoms with Crippen LogP contribution in [0.3, 0.4) is 0 Å². The molecule has 0 fully saturated rings. The number of halogens is 6. The van der Waals surface area contributed by atoms with E-state index in [4.69, 9.17) is 5.11 Å². The first-order valence-electron chi connectivity index (χ1n) is 4.09. The zero-order valence-electron chi connectivity index (χ0n) is 8.11. The minimum Gasteiger partial charge on any atom is -0.478 e. The van der Waals surface area contributed by atoms with E-state index in [1.165, 1.54) is 0 Å². The molecule has 2 N–H and O–H groups in total. The number of aromatic amines is 1. The van der Waals surface area contributed by atoms with Crippen LogP contribution >= 0.6 is 0 Å². The van der Waals surface area contributed by atoms with Gasteiger partial charge in [-0.05, 0) is 0 Å². The van der Waals surface area contributed by atoms with E-state index in [-0.39, 0.29) is 6.07 Å². The Morgan fingerprint density at radius 2 is 1.61 bits per heavy atom. The van der Waals surface area contributed by atoms with Crippen LogP contribution in [0.25, 0.3) is 0 Å². The fourth-order valence-electron chi connectivity index (χ4n) is 1.22. The predicted molar refractivity (Wildman–Crippen MR) is 44.0 cm³/mol. The maximum Gasteiger partial charge on any atom is 0.432 e. The Morgan fingerprint density at radius 3 is 1.94 bits per heavy atom. The van der Waals surface area contributed by atoms with Crippen molar-refractivity contribution in [3.8, 4) is 0 Å². The lowest BCUT2D eigenvalue weighted by molar-refractivity contribution is -0.146. The molecule has 1 heterocycles. The van der Waals surface area contributed by atoms with Crippen LogP contribution < -0.4 is 5.56 Å². The molecule has 10 heteroatoms. The van der Waals surface area contributed by atoms with Gasteiger partial charge in [-0.3, -0.25) is 4.79 Å². The van der Waals surface area contributed by atoms with Gasteiger partial charge in [-0.25, -0.2) is 4.79 Å². The van der Waals surface area contributed by atoms with Gasteiger partial charge in [0.1, 0.15) is 11.3 Å². The summed E-state index contributed by atoms with van der Waals surface area (Å²) in [4.78, 5) is 22.3. The largest absolute Gasteiger partial charge is 0.478 e. The Morgan fingerprint density at radius 1 is 1.11 bits per heavy atom. The molecule has 0 saturated heterocycles. The van der Waals surface area contributed by atoms with Crippen molar-refractivity contribution in [1.29, 1.82) is 0 Å². The first-order valence-corrected chi connectivity index (χ1v) is 4.09. The molecular formula is C8H3F6NO3. The molecule has 0 unspecified atom stereocenters. The zero-order chi connectivity index (χ0) is 14.3. The molecule has 0 aliphatic rings. The Kier molecular flexibility index (Phi) is 3.15. The quantitative estimate of drug-likeness (QED) is 0.771. The number of rotatable bonds is 1. The number of nitrogens with one attached hydrogen (secondary N) is 1. The number of carbonyl (C=O) groups is 1. The molecule has 18 heavy (non-hydrogen) atoms. The third-order valence-corrected chi connectivity index (χ3v) is 1.85. The Hall–Kier alpha value is -2.00. The zero-order valence-corrected chi connectivity index (χ0v) is 8.11.